The Kier molecular flexibility index (Phi) is 6.24. The standard InChI is InChI=1S/C20H20N4O4S2/c1-2-27-20(26)28-15-7-5-14(6-8-15)18(25)23-9-11-24(12-10-23)19-22-21-17(30-19)16-4-3-13-29-16/h3-8,13H,2,9-12H2,1H3. The molecule has 8 nitrogen and oxygen atoms in total. The smallest absolute Gasteiger partial charge is 0.434 e. The minimum absolute atomic E-state index is 0.0473. The normalized spacial score (nSPS) is 13.9. The number of amides is 1. The predicted octanol–water partition coefficient (Wildman–Crippen LogP) is 3.76. The van der Waals surface area contributed by atoms with E-state index in [4.69, 9.17) is 9.47 Å². The lowest BCUT2D eigenvalue weighted by molar-refractivity contribution is 0.0746. The van der Waals surface area contributed by atoms with Crippen LogP contribution in [-0.4, -0.2) is 59.9 Å². The van der Waals surface area contributed by atoms with E-state index in [-0.39, 0.29) is 12.5 Å². The van der Waals surface area contributed by atoms with E-state index in [9.17, 15) is 9.59 Å². The molecule has 2 aromatic heterocycles. The van der Waals surface area contributed by atoms with E-state index in [1.807, 2.05) is 22.4 Å². The zero-order valence-electron chi connectivity index (χ0n) is 16.3. The fraction of sp³-hybridized carbons (Fsp3) is 0.300. The van der Waals surface area contributed by atoms with Crippen molar-refractivity contribution in [3.63, 3.8) is 0 Å². The number of rotatable bonds is 5. The van der Waals surface area contributed by atoms with Crippen molar-refractivity contribution in [3.8, 4) is 15.6 Å². The first-order valence-electron chi connectivity index (χ1n) is 9.50. The van der Waals surface area contributed by atoms with Crippen LogP contribution in [0.3, 0.4) is 0 Å². The third-order valence-electron chi connectivity index (χ3n) is 4.55. The molecule has 0 saturated carbocycles. The highest BCUT2D eigenvalue weighted by molar-refractivity contribution is 7.22. The zero-order chi connectivity index (χ0) is 20.9. The van der Waals surface area contributed by atoms with Gasteiger partial charge in [0.05, 0.1) is 11.5 Å². The number of nitrogens with zero attached hydrogens (tertiary/aromatic N) is 4. The Morgan fingerprint density at radius 3 is 2.50 bits per heavy atom. The van der Waals surface area contributed by atoms with Crippen LogP contribution in [0.15, 0.2) is 41.8 Å². The monoisotopic (exact) mass is 444 g/mol. The molecule has 0 unspecified atom stereocenters. The summed E-state index contributed by atoms with van der Waals surface area (Å²) in [6.45, 7) is 4.57. The second-order valence-corrected chi connectivity index (χ2v) is 8.36. The van der Waals surface area contributed by atoms with Gasteiger partial charge in [-0.3, -0.25) is 4.79 Å². The Balaban J connectivity index is 1.32. The summed E-state index contributed by atoms with van der Waals surface area (Å²) in [4.78, 5) is 29.2. The van der Waals surface area contributed by atoms with Gasteiger partial charge in [-0.2, -0.15) is 0 Å². The van der Waals surface area contributed by atoms with Crippen LogP contribution in [0.1, 0.15) is 17.3 Å². The van der Waals surface area contributed by atoms with Crippen LogP contribution < -0.4 is 9.64 Å². The molecule has 1 saturated heterocycles. The summed E-state index contributed by atoms with van der Waals surface area (Å²) in [6.07, 6.45) is -0.758. The lowest BCUT2D eigenvalue weighted by Gasteiger charge is -2.34. The second-order valence-electron chi connectivity index (χ2n) is 6.46. The van der Waals surface area contributed by atoms with Crippen molar-refractivity contribution >= 4 is 39.9 Å². The van der Waals surface area contributed by atoms with Crippen molar-refractivity contribution in [2.24, 2.45) is 0 Å². The molecular formula is C20H20N4O4S2. The van der Waals surface area contributed by atoms with Crippen LogP contribution >= 0.6 is 22.7 Å². The minimum atomic E-state index is -0.758. The maximum Gasteiger partial charge on any atom is 0.513 e. The van der Waals surface area contributed by atoms with E-state index in [0.717, 1.165) is 15.0 Å². The number of ether oxygens (including phenoxy) is 2. The van der Waals surface area contributed by atoms with E-state index in [1.54, 1.807) is 53.9 Å². The molecule has 1 amide bonds. The predicted molar refractivity (Wildman–Crippen MR) is 115 cm³/mol. The van der Waals surface area contributed by atoms with Gasteiger partial charge in [-0.15, -0.1) is 21.5 Å². The zero-order valence-corrected chi connectivity index (χ0v) is 17.9. The highest BCUT2D eigenvalue weighted by atomic mass is 32.1. The summed E-state index contributed by atoms with van der Waals surface area (Å²) in [5, 5.41) is 12.4. The van der Waals surface area contributed by atoms with Gasteiger partial charge in [-0.25, -0.2) is 4.79 Å². The van der Waals surface area contributed by atoms with Crippen LogP contribution in [0.2, 0.25) is 0 Å². The second kappa shape index (κ2) is 9.23. The average Bonchev–Trinajstić information content (AvgIpc) is 3.46. The largest absolute Gasteiger partial charge is 0.513 e. The van der Waals surface area contributed by atoms with Gasteiger partial charge >= 0.3 is 6.16 Å². The van der Waals surface area contributed by atoms with Crippen LogP contribution in [0.25, 0.3) is 9.88 Å². The Morgan fingerprint density at radius 1 is 1.07 bits per heavy atom. The molecule has 3 aromatic rings. The van der Waals surface area contributed by atoms with E-state index in [0.29, 0.717) is 37.5 Å². The first kappa shape index (κ1) is 20.3. The number of carbonyl (C=O) groups excluding carboxylic acids is 2. The number of hydrogen-bond donors (Lipinski definition) is 0. The molecule has 0 radical (unpaired) electrons. The van der Waals surface area contributed by atoms with Gasteiger partial charge in [-0.1, -0.05) is 17.4 Å². The lowest BCUT2D eigenvalue weighted by atomic mass is 10.1. The van der Waals surface area contributed by atoms with E-state index >= 15 is 0 Å². The third-order valence-corrected chi connectivity index (χ3v) is 6.57. The molecule has 1 aromatic carbocycles. The maximum atomic E-state index is 12.8. The summed E-state index contributed by atoms with van der Waals surface area (Å²) < 4.78 is 9.76. The van der Waals surface area contributed by atoms with Gasteiger partial charge in [0.25, 0.3) is 5.91 Å². The summed E-state index contributed by atoms with van der Waals surface area (Å²) >= 11 is 3.22. The molecule has 0 aliphatic carbocycles. The van der Waals surface area contributed by atoms with Crippen molar-refractivity contribution < 1.29 is 19.1 Å². The maximum absolute atomic E-state index is 12.8. The molecule has 156 valence electrons. The summed E-state index contributed by atoms with van der Waals surface area (Å²) in [7, 11) is 0. The highest BCUT2D eigenvalue weighted by Gasteiger charge is 2.24. The third kappa shape index (κ3) is 4.60. The first-order valence-corrected chi connectivity index (χ1v) is 11.2. The summed E-state index contributed by atoms with van der Waals surface area (Å²) in [5.41, 5.74) is 0.551. The number of thiophene rings is 1. The minimum Gasteiger partial charge on any atom is -0.434 e. The van der Waals surface area contributed by atoms with E-state index < -0.39 is 6.16 Å². The van der Waals surface area contributed by atoms with Crippen molar-refractivity contribution in [2.75, 3.05) is 37.7 Å². The average molecular weight is 445 g/mol. The molecule has 1 fully saturated rings. The molecular weight excluding hydrogens is 424 g/mol. The van der Waals surface area contributed by atoms with Gasteiger partial charge in [0, 0.05) is 31.7 Å². The summed E-state index contributed by atoms with van der Waals surface area (Å²) in [6, 6.07) is 10.5. The summed E-state index contributed by atoms with van der Waals surface area (Å²) in [5.74, 6) is 0.293. The van der Waals surface area contributed by atoms with Crippen LogP contribution in [0.5, 0.6) is 5.75 Å². The van der Waals surface area contributed by atoms with Crippen LogP contribution in [-0.2, 0) is 4.74 Å². The van der Waals surface area contributed by atoms with Crippen molar-refractivity contribution in [1.82, 2.24) is 15.1 Å². The number of carbonyl (C=O) groups is 2. The molecule has 1 aliphatic heterocycles. The first-order chi connectivity index (χ1) is 14.6. The topological polar surface area (TPSA) is 84.9 Å². The van der Waals surface area contributed by atoms with Gasteiger partial charge in [0.1, 0.15) is 5.75 Å². The van der Waals surface area contributed by atoms with Gasteiger partial charge in [0.2, 0.25) is 5.13 Å². The fourth-order valence-electron chi connectivity index (χ4n) is 3.04. The number of anilines is 1. The molecule has 30 heavy (non-hydrogen) atoms. The molecule has 0 atom stereocenters. The van der Waals surface area contributed by atoms with E-state index in [2.05, 4.69) is 15.1 Å². The Labute approximate surface area is 181 Å². The lowest BCUT2D eigenvalue weighted by Crippen LogP contribution is -2.48. The molecule has 0 bridgehead atoms. The number of piperazine rings is 1. The van der Waals surface area contributed by atoms with Gasteiger partial charge in [0.15, 0.2) is 5.01 Å². The Bertz CT molecular complexity index is 996. The highest BCUT2D eigenvalue weighted by Crippen LogP contribution is 2.32. The SMILES string of the molecule is CCOC(=O)Oc1ccc(C(=O)N2CCN(c3nnc(-c4cccs4)s3)CC2)cc1. The molecule has 1 aliphatic rings. The van der Waals surface area contributed by atoms with Gasteiger partial charge < -0.3 is 19.3 Å². The fourth-order valence-corrected chi connectivity index (χ4v) is 4.72. The Hall–Kier alpha value is -2.98. The van der Waals surface area contributed by atoms with Crippen LogP contribution in [0, 0.1) is 0 Å². The van der Waals surface area contributed by atoms with Crippen LogP contribution in [0.4, 0.5) is 9.93 Å². The van der Waals surface area contributed by atoms with Gasteiger partial charge in [-0.05, 0) is 42.6 Å². The Morgan fingerprint density at radius 2 is 1.83 bits per heavy atom. The van der Waals surface area contributed by atoms with E-state index in [1.165, 1.54) is 0 Å². The number of hydrogen-bond acceptors (Lipinski definition) is 9. The van der Waals surface area contributed by atoms with Crippen molar-refractivity contribution in [3.05, 3.63) is 47.3 Å². The van der Waals surface area contributed by atoms with Crippen molar-refractivity contribution in [2.45, 2.75) is 6.92 Å². The number of aromatic nitrogens is 2. The molecule has 0 N–H and O–H groups in total. The molecule has 10 heteroatoms. The quantitative estimate of drug-likeness (QED) is 0.437. The molecule has 4 rings (SSSR count). The molecule has 0 spiro atoms. The number of benzene rings is 1. The van der Waals surface area contributed by atoms with Crippen molar-refractivity contribution in [1.29, 1.82) is 0 Å². The molecule has 3 heterocycles.